The maximum absolute atomic E-state index is 11.8. The van der Waals surface area contributed by atoms with Gasteiger partial charge in [0.25, 0.3) is 0 Å². The average Bonchev–Trinajstić information content (AvgIpc) is 2.72. The van der Waals surface area contributed by atoms with Gasteiger partial charge in [0.1, 0.15) is 12.4 Å². The van der Waals surface area contributed by atoms with Crippen molar-refractivity contribution < 1.29 is 14.3 Å². The molecular weight excluding hydrogens is 306 g/mol. The number of nitrogens with zero attached hydrogens (tertiary/aromatic N) is 1. The van der Waals surface area contributed by atoms with Crippen LogP contribution in [0.3, 0.4) is 0 Å². The third-order valence-corrected chi connectivity index (χ3v) is 4.16. The van der Waals surface area contributed by atoms with Gasteiger partial charge in [-0.1, -0.05) is 6.07 Å². The van der Waals surface area contributed by atoms with Crippen LogP contribution in [0.5, 0.6) is 5.75 Å². The predicted octanol–water partition coefficient (Wildman–Crippen LogP) is 1.79. The molecule has 0 radical (unpaired) electrons. The lowest BCUT2D eigenvalue weighted by atomic mass is 9.94. The molecule has 1 atom stereocenters. The molecule has 0 bridgehead atoms. The van der Waals surface area contributed by atoms with Crippen LogP contribution in [-0.4, -0.2) is 31.7 Å². The van der Waals surface area contributed by atoms with Crippen LogP contribution >= 0.6 is 0 Å². The molecule has 0 saturated heterocycles. The molecule has 6 heteroatoms. The summed E-state index contributed by atoms with van der Waals surface area (Å²) in [4.78, 5) is 15.7. The number of nitrogens with two attached hydrogens (primary N) is 2. The standard InChI is InChI=1S/C18H27N3O3/c1-2-23-17(22)11-13-4-3-5-14-6-7-16(12-15(14)10-13)24-9-8-21-18(19)20/h6-7,12-13H,2-5,8-11H2,1H3,(H4,19,20,21). The zero-order chi connectivity index (χ0) is 17.4. The number of aryl methyl sites for hydroxylation is 1. The quantitative estimate of drug-likeness (QED) is 0.260. The number of hydrogen-bond donors (Lipinski definition) is 2. The number of ether oxygens (including phenoxy) is 2. The fraction of sp³-hybridized carbons (Fsp3) is 0.556. The van der Waals surface area contributed by atoms with Gasteiger partial charge in [0.15, 0.2) is 5.96 Å². The van der Waals surface area contributed by atoms with Gasteiger partial charge in [-0.3, -0.25) is 9.79 Å². The van der Waals surface area contributed by atoms with Gasteiger partial charge in [0, 0.05) is 6.42 Å². The smallest absolute Gasteiger partial charge is 0.306 e. The Balaban J connectivity index is 1.97. The van der Waals surface area contributed by atoms with E-state index < -0.39 is 0 Å². The molecule has 1 aliphatic rings. The number of carbonyl (C=O) groups is 1. The highest BCUT2D eigenvalue weighted by molar-refractivity contribution is 5.75. The van der Waals surface area contributed by atoms with Crippen LogP contribution in [0.15, 0.2) is 23.2 Å². The molecule has 132 valence electrons. The van der Waals surface area contributed by atoms with Crippen molar-refractivity contribution in [3.8, 4) is 5.75 Å². The maximum Gasteiger partial charge on any atom is 0.306 e. The Bertz CT molecular complexity index is 583. The molecule has 1 unspecified atom stereocenters. The van der Waals surface area contributed by atoms with Crippen LogP contribution in [0, 0.1) is 5.92 Å². The summed E-state index contributed by atoms with van der Waals surface area (Å²) < 4.78 is 10.8. The van der Waals surface area contributed by atoms with Crippen molar-refractivity contribution in [2.75, 3.05) is 19.8 Å². The van der Waals surface area contributed by atoms with Crippen LogP contribution in [0.1, 0.15) is 37.3 Å². The number of benzene rings is 1. The van der Waals surface area contributed by atoms with Crippen LogP contribution in [-0.2, 0) is 22.4 Å². The summed E-state index contributed by atoms with van der Waals surface area (Å²) in [5.74, 6) is 1.12. The molecule has 0 saturated carbocycles. The summed E-state index contributed by atoms with van der Waals surface area (Å²) >= 11 is 0. The van der Waals surface area contributed by atoms with Gasteiger partial charge in [-0.05, 0) is 61.8 Å². The van der Waals surface area contributed by atoms with E-state index >= 15 is 0 Å². The lowest BCUT2D eigenvalue weighted by Gasteiger charge is -2.15. The Kier molecular flexibility index (Phi) is 6.90. The van der Waals surface area contributed by atoms with Crippen LogP contribution < -0.4 is 16.2 Å². The number of carbonyl (C=O) groups excluding carboxylic acids is 1. The van der Waals surface area contributed by atoms with Crippen molar-refractivity contribution >= 4 is 11.9 Å². The largest absolute Gasteiger partial charge is 0.492 e. The Hall–Kier alpha value is -2.24. The third-order valence-electron chi connectivity index (χ3n) is 4.16. The molecule has 2 rings (SSSR count). The Morgan fingerprint density at radius 3 is 2.92 bits per heavy atom. The topological polar surface area (TPSA) is 99.9 Å². The van der Waals surface area contributed by atoms with Crippen molar-refractivity contribution in [2.24, 2.45) is 22.4 Å². The number of aliphatic imine (C=N–C) groups is 1. The summed E-state index contributed by atoms with van der Waals surface area (Å²) in [6.07, 6.45) is 4.57. The summed E-state index contributed by atoms with van der Waals surface area (Å²) in [6, 6.07) is 6.19. The third kappa shape index (κ3) is 5.76. The van der Waals surface area contributed by atoms with E-state index in [0.29, 0.717) is 32.1 Å². The minimum Gasteiger partial charge on any atom is -0.492 e. The van der Waals surface area contributed by atoms with E-state index in [1.54, 1.807) is 0 Å². The fourth-order valence-corrected chi connectivity index (χ4v) is 3.09. The monoisotopic (exact) mass is 333 g/mol. The molecule has 24 heavy (non-hydrogen) atoms. The van der Waals surface area contributed by atoms with E-state index in [1.807, 2.05) is 13.0 Å². The zero-order valence-corrected chi connectivity index (χ0v) is 14.3. The summed E-state index contributed by atoms with van der Waals surface area (Å²) in [5.41, 5.74) is 13.2. The maximum atomic E-state index is 11.8. The second-order valence-electron chi connectivity index (χ2n) is 6.06. The highest BCUT2D eigenvalue weighted by Gasteiger charge is 2.20. The molecule has 0 heterocycles. The van der Waals surface area contributed by atoms with Crippen molar-refractivity contribution in [3.05, 3.63) is 29.3 Å². The van der Waals surface area contributed by atoms with Crippen molar-refractivity contribution in [1.29, 1.82) is 0 Å². The lowest BCUT2D eigenvalue weighted by Crippen LogP contribution is -2.23. The van der Waals surface area contributed by atoms with Crippen molar-refractivity contribution in [2.45, 2.75) is 39.0 Å². The van der Waals surface area contributed by atoms with Gasteiger partial charge >= 0.3 is 5.97 Å². The Morgan fingerprint density at radius 1 is 1.33 bits per heavy atom. The molecule has 4 N–H and O–H groups in total. The zero-order valence-electron chi connectivity index (χ0n) is 14.3. The minimum absolute atomic E-state index is 0.0716. The van der Waals surface area contributed by atoms with Crippen molar-refractivity contribution in [1.82, 2.24) is 0 Å². The van der Waals surface area contributed by atoms with Crippen LogP contribution in [0.25, 0.3) is 0 Å². The minimum atomic E-state index is -0.101. The van der Waals surface area contributed by atoms with Gasteiger partial charge in [0.05, 0.1) is 13.2 Å². The van der Waals surface area contributed by atoms with Crippen LogP contribution in [0.4, 0.5) is 0 Å². The van der Waals surface area contributed by atoms with Gasteiger partial charge in [-0.25, -0.2) is 0 Å². The SMILES string of the molecule is CCOC(=O)CC1CCCc2ccc(OCCN=C(N)N)cc2C1. The molecule has 1 aliphatic carbocycles. The van der Waals surface area contributed by atoms with Crippen LogP contribution in [0.2, 0.25) is 0 Å². The number of fused-ring (bicyclic) bond motifs is 1. The summed E-state index contributed by atoms with van der Waals surface area (Å²) in [5, 5.41) is 0. The van der Waals surface area contributed by atoms with Gasteiger partial charge in [-0.2, -0.15) is 0 Å². The molecule has 6 nitrogen and oxygen atoms in total. The second kappa shape index (κ2) is 9.15. The summed E-state index contributed by atoms with van der Waals surface area (Å²) in [7, 11) is 0. The van der Waals surface area contributed by atoms with E-state index in [1.165, 1.54) is 11.1 Å². The first-order valence-electron chi connectivity index (χ1n) is 8.54. The van der Waals surface area contributed by atoms with Gasteiger partial charge in [0.2, 0.25) is 0 Å². The first-order valence-corrected chi connectivity index (χ1v) is 8.54. The molecule has 1 aromatic rings. The fourth-order valence-electron chi connectivity index (χ4n) is 3.09. The highest BCUT2D eigenvalue weighted by Crippen LogP contribution is 2.29. The molecule has 0 fully saturated rings. The molecule has 1 aromatic carbocycles. The van der Waals surface area contributed by atoms with E-state index in [4.69, 9.17) is 20.9 Å². The molecular formula is C18H27N3O3. The molecule has 0 amide bonds. The second-order valence-corrected chi connectivity index (χ2v) is 6.06. The van der Waals surface area contributed by atoms with Gasteiger partial charge in [-0.15, -0.1) is 0 Å². The first kappa shape index (κ1) is 18.1. The number of hydrogen-bond acceptors (Lipinski definition) is 4. The number of rotatable bonds is 7. The van der Waals surface area contributed by atoms with E-state index in [2.05, 4.69) is 17.1 Å². The highest BCUT2D eigenvalue weighted by atomic mass is 16.5. The molecule has 0 spiro atoms. The van der Waals surface area contributed by atoms with E-state index in [9.17, 15) is 4.79 Å². The lowest BCUT2D eigenvalue weighted by molar-refractivity contribution is -0.144. The van der Waals surface area contributed by atoms with Crippen molar-refractivity contribution in [3.63, 3.8) is 0 Å². The van der Waals surface area contributed by atoms with Gasteiger partial charge < -0.3 is 20.9 Å². The molecule has 0 aromatic heterocycles. The van der Waals surface area contributed by atoms with E-state index in [-0.39, 0.29) is 11.9 Å². The predicted molar refractivity (Wildman–Crippen MR) is 94.0 cm³/mol. The Morgan fingerprint density at radius 2 is 2.17 bits per heavy atom. The number of guanidine groups is 1. The number of esters is 1. The summed E-state index contributed by atoms with van der Waals surface area (Å²) in [6.45, 7) is 3.15. The Labute approximate surface area is 143 Å². The molecule has 0 aliphatic heterocycles. The first-order chi connectivity index (χ1) is 11.6. The average molecular weight is 333 g/mol. The normalized spacial score (nSPS) is 16.6. The van der Waals surface area contributed by atoms with E-state index in [0.717, 1.165) is 31.4 Å².